The maximum absolute atomic E-state index is 11.6. The molecular weight excluding hydrogens is 416 g/mol. The zero-order valence-corrected chi connectivity index (χ0v) is 20.2. The Morgan fingerprint density at radius 3 is 2.53 bits per heavy atom. The summed E-state index contributed by atoms with van der Waals surface area (Å²) in [7, 11) is -3.09. The van der Waals surface area contributed by atoms with Gasteiger partial charge in [0.15, 0.2) is 9.84 Å². The molecule has 172 valence electrons. The zero-order valence-electron chi connectivity index (χ0n) is 19.4. The average Bonchev–Trinajstić information content (AvgIpc) is 3.21. The molecule has 0 radical (unpaired) electrons. The van der Waals surface area contributed by atoms with Gasteiger partial charge in [-0.25, -0.2) is 8.42 Å². The number of piperidine rings is 1. The van der Waals surface area contributed by atoms with Crippen molar-refractivity contribution in [3.63, 3.8) is 0 Å². The second kappa shape index (κ2) is 11.7. The monoisotopic (exact) mass is 452 g/mol. The van der Waals surface area contributed by atoms with E-state index in [-0.39, 0.29) is 0 Å². The summed E-state index contributed by atoms with van der Waals surface area (Å²) < 4.78 is 23.2. The third kappa shape index (κ3) is 6.68. The average molecular weight is 453 g/mol. The molecule has 0 spiro atoms. The van der Waals surface area contributed by atoms with Crippen molar-refractivity contribution in [3.8, 4) is 12.3 Å². The van der Waals surface area contributed by atoms with Gasteiger partial charge < -0.3 is 4.90 Å². The summed E-state index contributed by atoms with van der Waals surface area (Å²) >= 11 is 0. The van der Waals surface area contributed by atoms with Crippen molar-refractivity contribution in [2.45, 2.75) is 55.9 Å². The highest BCUT2D eigenvalue weighted by molar-refractivity contribution is 7.90. The van der Waals surface area contributed by atoms with Crippen molar-refractivity contribution in [1.82, 2.24) is 10.2 Å². The molecule has 1 fully saturated rings. The van der Waals surface area contributed by atoms with Crippen LogP contribution in [0.25, 0.3) is 0 Å². The van der Waals surface area contributed by atoms with Crippen LogP contribution in [-0.2, 0) is 16.3 Å². The SMILES string of the molecule is C#CCN[C@@H]1CCc2ccccc21.CCCN1CCC(c2cccc(S(C)(=O)=O)c2)CC1. The quantitative estimate of drug-likeness (QED) is 0.652. The number of fused-ring (bicyclic) bond motifs is 1. The largest absolute Gasteiger partial charge is 0.303 e. The highest BCUT2D eigenvalue weighted by Crippen LogP contribution is 2.30. The Hall–Kier alpha value is -2.13. The number of hydrogen-bond donors (Lipinski definition) is 1. The highest BCUT2D eigenvalue weighted by atomic mass is 32.2. The number of likely N-dealkylation sites (tertiary alicyclic amines) is 1. The molecule has 0 aromatic heterocycles. The van der Waals surface area contributed by atoms with Gasteiger partial charge in [0.25, 0.3) is 0 Å². The van der Waals surface area contributed by atoms with Crippen LogP contribution in [0.4, 0.5) is 0 Å². The molecule has 4 rings (SSSR count). The maximum Gasteiger partial charge on any atom is 0.175 e. The van der Waals surface area contributed by atoms with Crippen LogP contribution in [0.1, 0.15) is 61.3 Å². The lowest BCUT2D eigenvalue weighted by atomic mass is 9.89. The number of hydrogen-bond acceptors (Lipinski definition) is 4. The molecule has 2 aromatic rings. The summed E-state index contributed by atoms with van der Waals surface area (Å²) in [5.74, 6) is 3.12. The summed E-state index contributed by atoms with van der Waals surface area (Å²) in [6, 6.07) is 16.5. The van der Waals surface area contributed by atoms with Crippen molar-refractivity contribution in [2.75, 3.05) is 32.4 Å². The Bertz CT molecular complexity index is 1020. The summed E-state index contributed by atoms with van der Waals surface area (Å²) in [5.41, 5.74) is 4.08. The van der Waals surface area contributed by atoms with Gasteiger partial charge in [-0.05, 0) is 86.5 Å². The lowest BCUT2D eigenvalue weighted by Crippen LogP contribution is -2.33. The first kappa shape index (κ1) is 24.5. The minimum atomic E-state index is -3.09. The Morgan fingerprint density at radius 1 is 1.09 bits per heavy atom. The molecule has 1 N–H and O–H groups in total. The fraction of sp³-hybridized carbons (Fsp3) is 0.481. The van der Waals surface area contributed by atoms with E-state index in [2.05, 4.69) is 53.4 Å². The van der Waals surface area contributed by atoms with Crippen LogP contribution in [0, 0.1) is 12.3 Å². The normalized spacial score (nSPS) is 19.0. The van der Waals surface area contributed by atoms with Gasteiger partial charge in [0, 0.05) is 12.3 Å². The van der Waals surface area contributed by atoms with E-state index in [4.69, 9.17) is 6.42 Å². The van der Waals surface area contributed by atoms with Gasteiger partial charge in [0.1, 0.15) is 0 Å². The standard InChI is InChI=1S/C15H23NO2S.C12H13N/c1-3-9-16-10-7-13(8-11-16)14-5-4-6-15(12-14)19(2,17)18;1-2-9-13-12-8-7-10-5-3-4-6-11(10)12/h4-6,12-13H,3,7-11H2,1-2H3;1,3-6,12-13H,7-9H2/t;12-/m.1/s1. The van der Waals surface area contributed by atoms with Gasteiger partial charge in [-0.2, -0.15) is 0 Å². The first-order chi connectivity index (χ1) is 15.4. The van der Waals surface area contributed by atoms with Crippen molar-refractivity contribution >= 4 is 9.84 Å². The van der Waals surface area contributed by atoms with Crippen LogP contribution in [-0.4, -0.2) is 45.8 Å². The van der Waals surface area contributed by atoms with E-state index in [1.54, 1.807) is 6.07 Å². The Labute approximate surface area is 194 Å². The van der Waals surface area contributed by atoms with Gasteiger partial charge >= 0.3 is 0 Å². The Balaban J connectivity index is 0.000000193. The minimum absolute atomic E-state index is 0.445. The van der Waals surface area contributed by atoms with E-state index in [0.717, 1.165) is 25.9 Å². The third-order valence-electron chi connectivity index (χ3n) is 6.47. The smallest absolute Gasteiger partial charge is 0.175 e. The van der Waals surface area contributed by atoms with Crippen LogP contribution in [0.15, 0.2) is 53.4 Å². The lowest BCUT2D eigenvalue weighted by Gasteiger charge is -2.32. The molecule has 1 aliphatic heterocycles. The van der Waals surface area contributed by atoms with Gasteiger partial charge in [-0.15, -0.1) is 6.42 Å². The number of nitrogens with zero attached hydrogens (tertiary/aromatic N) is 1. The molecule has 2 aliphatic rings. The van der Waals surface area contributed by atoms with Crippen molar-refractivity contribution in [3.05, 3.63) is 65.2 Å². The first-order valence-electron chi connectivity index (χ1n) is 11.7. The minimum Gasteiger partial charge on any atom is -0.303 e. The summed E-state index contributed by atoms with van der Waals surface area (Å²) in [6.45, 7) is 6.31. The number of sulfone groups is 1. The van der Waals surface area contributed by atoms with Crippen molar-refractivity contribution in [2.24, 2.45) is 0 Å². The molecule has 1 heterocycles. The van der Waals surface area contributed by atoms with Crippen LogP contribution in [0.5, 0.6) is 0 Å². The molecule has 0 bridgehead atoms. The molecule has 0 saturated carbocycles. The number of nitrogens with one attached hydrogen (secondary N) is 1. The lowest BCUT2D eigenvalue weighted by molar-refractivity contribution is 0.212. The second-order valence-corrected chi connectivity index (χ2v) is 10.9. The predicted octanol–water partition coefficient (Wildman–Crippen LogP) is 4.58. The van der Waals surface area contributed by atoms with Gasteiger partial charge in [-0.3, -0.25) is 5.32 Å². The number of benzene rings is 2. The topological polar surface area (TPSA) is 49.4 Å². The van der Waals surface area contributed by atoms with E-state index in [1.807, 2.05) is 12.1 Å². The fourth-order valence-corrected chi connectivity index (χ4v) is 5.43. The molecule has 0 amide bonds. The molecule has 5 heteroatoms. The molecule has 1 atom stereocenters. The molecule has 32 heavy (non-hydrogen) atoms. The summed E-state index contributed by atoms with van der Waals surface area (Å²) in [6.07, 6.45) is 12.3. The number of aryl methyl sites for hydroxylation is 1. The first-order valence-corrected chi connectivity index (χ1v) is 13.6. The fourth-order valence-electron chi connectivity index (χ4n) is 4.76. The van der Waals surface area contributed by atoms with Gasteiger partial charge in [0.05, 0.1) is 11.4 Å². The zero-order chi connectivity index (χ0) is 23.0. The van der Waals surface area contributed by atoms with Crippen LogP contribution < -0.4 is 5.32 Å². The summed E-state index contributed by atoms with van der Waals surface area (Å²) in [4.78, 5) is 2.94. The molecule has 0 unspecified atom stereocenters. The van der Waals surface area contributed by atoms with E-state index in [1.165, 1.54) is 48.8 Å². The van der Waals surface area contributed by atoms with E-state index < -0.39 is 9.84 Å². The van der Waals surface area contributed by atoms with Crippen molar-refractivity contribution in [1.29, 1.82) is 0 Å². The molecule has 1 aliphatic carbocycles. The summed E-state index contributed by atoms with van der Waals surface area (Å²) in [5, 5.41) is 3.35. The number of terminal acetylenes is 1. The predicted molar refractivity (Wildman–Crippen MR) is 133 cm³/mol. The highest BCUT2D eigenvalue weighted by Gasteiger charge is 2.21. The Kier molecular flexibility index (Phi) is 8.92. The van der Waals surface area contributed by atoms with Gasteiger partial charge in [0.2, 0.25) is 0 Å². The van der Waals surface area contributed by atoms with E-state index >= 15 is 0 Å². The van der Waals surface area contributed by atoms with Crippen molar-refractivity contribution < 1.29 is 8.42 Å². The maximum atomic E-state index is 11.6. The number of rotatable bonds is 6. The van der Waals surface area contributed by atoms with E-state index in [0.29, 0.717) is 23.4 Å². The molecule has 2 aromatic carbocycles. The second-order valence-electron chi connectivity index (χ2n) is 8.84. The molecule has 4 nitrogen and oxygen atoms in total. The molecule has 1 saturated heterocycles. The van der Waals surface area contributed by atoms with Crippen LogP contribution >= 0.6 is 0 Å². The van der Waals surface area contributed by atoms with Crippen LogP contribution in [0.3, 0.4) is 0 Å². The van der Waals surface area contributed by atoms with Crippen LogP contribution in [0.2, 0.25) is 0 Å². The third-order valence-corrected chi connectivity index (χ3v) is 7.58. The van der Waals surface area contributed by atoms with E-state index in [9.17, 15) is 8.42 Å². The molecular formula is C27H36N2O2S. The Morgan fingerprint density at radius 2 is 1.84 bits per heavy atom. The van der Waals surface area contributed by atoms with Gasteiger partial charge in [-0.1, -0.05) is 49.2 Å².